The Bertz CT molecular complexity index is 1050. The molecule has 3 saturated heterocycles. The second kappa shape index (κ2) is 7.18. The van der Waals surface area contributed by atoms with Gasteiger partial charge >= 0.3 is 0 Å². The summed E-state index contributed by atoms with van der Waals surface area (Å²) < 4.78 is 39.8. The van der Waals surface area contributed by atoms with Gasteiger partial charge in [-0.05, 0) is 43.0 Å². The lowest BCUT2D eigenvalue weighted by molar-refractivity contribution is -0.0529. The summed E-state index contributed by atoms with van der Waals surface area (Å²) in [6.07, 6.45) is 4.64. The molecular formula is C21H26N4O4S. The van der Waals surface area contributed by atoms with Crippen molar-refractivity contribution in [3.8, 4) is 5.75 Å². The third-order valence-corrected chi connectivity index (χ3v) is 8.72. The Balaban J connectivity index is 1.35. The van der Waals surface area contributed by atoms with Gasteiger partial charge in [0.1, 0.15) is 16.6 Å². The minimum atomic E-state index is -3.42. The largest absolute Gasteiger partial charge is 0.497 e. The van der Waals surface area contributed by atoms with Crippen molar-refractivity contribution in [1.29, 1.82) is 0 Å². The van der Waals surface area contributed by atoms with Gasteiger partial charge in [0.15, 0.2) is 0 Å². The first-order valence-corrected chi connectivity index (χ1v) is 11.7. The number of hydrogen-bond acceptors (Lipinski definition) is 7. The van der Waals surface area contributed by atoms with Crippen LogP contribution >= 0.6 is 0 Å². The summed E-state index contributed by atoms with van der Waals surface area (Å²) in [4.78, 5) is 11.0. The second-order valence-corrected chi connectivity index (χ2v) is 10.6. The van der Waals surface area contributed by atoms with E-state index in [0.717, 1.165) is 16.9 Å². The van der Waals surface area contributed by atoms with Gasteiger partial charge in [-0.2, -0.15) is 4.31 Å². The molecule has 9 heteroatoms. The average molecular weight is 431 g/mol. The molecule has 3 fully saturated rings. The van der Waals surface area contributed by atoms with Crippen LogP contribution < -0.4 is 9.64 Å². The van der Waals surface area contributed by atoms with Crippen LogP contribution in [0.25, 0.3) is 0 Å². The van der Waals surface area contributed by atoms with Gasteiger partial charge in [0.05, 0.1) is 19.8 Å². The van der Waals surface area contributed by atoms with Crippen LogP contribution in [-0.4, -0.2) is 72.9 Å². The van der Waals surface area contributed by atoms with Crippen LogP contribution in [0.4, 0.5) is 5.95 Å². The summed E-state index contributed by atoms with van der Waals surface area (Å²) in [5, 5.41) is -0.504. The number of fused-ring (bicyclic) bond motifs is 1. The van der Waals surface area contributed by atoms with Crippen molar-refractivity contribution < 1.29 is 17.9 Å². The van der Waals surface area contributed by atoms with Crippen LogP contribution in [0.5, 0.6) is 5.75 Å². The van der Waals surface area contributed by atoms with Crippen LogP contribution in [0, 0.1) is 6.92 Å². The molecule has 8 nitrogen and oxygen atoms in total. The lowest BCUT2D eigenvalue weighted by atomic mass is 9.99. The maximum absolute atomic E-state index is 13.3. The number of rotatable bonds is 5. The highest BCUT2D eigenvalue weighted by Gasteiger charge is 2.65. The normalized spacial score (nSPS) is 29.7. The summed E-state index contributed by atoms with van der Waals surface area (Å²) in [5.74, 6) is 1.42. The molecule has 30 heavy (non-hydrogen) atoms. The zero-order valence-corrected chi connectivity index (χ0v) is 18.0. The van der Waals surface area contributed by atoms with E-state index in [0.29, 0.717) is 45.0 Å². The topological polar surface area (TPSA) is 84.9 Å². The molecule has 2 aromatic rings. The van der Waals surface area contributed by atoms with Crippen molar-refractivity contribution in [3.63, 3.8) is 0 Å². The Morgan fingerprint density at radius 2 is 2.07 bits per heavy atom. The van der Waals surface area contributed by atoms with Crippen molar-refractivity contribution in [2.24, 2.45) is 0 Å². The highest BCUT2D eigenvalue weighted by atomic mass is 32.2. The van der Waals surface area contributed by atoms with Gasteiger partial charge in [-0.3, -0.25) is 0 Å². The molecule has 0 N–H and O–H groups in total. The fraction of sp³-hybridized carbons (Fsp3) is 0.524. The third-order valence-electron chi connectivity index (χ3n) is 6.35. The summed E-state index contributed by atoms with van der Waals surface area (Å²) in [5.41, 5.74) is 1.33. The van der Waals surface area contributed by atoms with Gasteiger partial charge in [-0.1, -0.05) is 12.1 Å². The monoisotopic (exact) mass is 430 g/mol. The van der Waals surface area contributed by atoms with E-state index in [1.54, 1.807) is 23.8 Å². The molecule has 0 unspecified atom stereocenters. The minimum absolute atomic E-state index is 0.107. The van der Waals surface area contributed by atoms with Crippen LogP contribution in [0.1, 0.15) is 17.5 Å². The maximum Gasteiger partial charge on any atom is 0.225 e. The Morgan fingerprint density at radius 3 is 2.83 bits per heavy atom. The molecule has 1 aromatic heterocycles. The molecule has 0 amide bonds. The summed E-state index contributed by atoms with van der Waals surface area (Å²) >= 11 is 0. The summed E-state index contributed by atoms with van der Waals surface area (Å²) in [6.45, 7) is 3.88. The Labute approximate surface area is 176 Å². The fourth-order valence-corrected chi connectivity index (χ4v) is 7.24. The third kappa shape index (κ3) is 3.25. The smallest absolute Gasteiger partial charge is 0.225 e. The molecule has 3 aliphatic rings. The number of anilines is 1. The average Bonchev–Trinajstić information content (AvgIpc) is 3.11. The molecule has 4 heterocycles. The van der Waals surface area contributed by atoms with Crippen molar-refractivity contribution in [1.82, 2.24) is 14.3 Å². The highest BCUT2D eigenvalue weighted by molar-refractivity contribution is 7.90. The number of ether oxygens (including phenoxy) is 2. The van der Waals surface area contributed by atoms with Crippen LogP contribution in [0.3, 0.4) is 0 Å². The Hall–Kier alpha value is -2.23. The number of methoxy groups -OCH3 is 1. The van der Waals surface area contributed by atoms with Gasteiger partial charge < -0.3 is 14.4 Å². The lowest BCUT2D eigenvalue weighted by Crippen LogP contribution is -2.55. The van der Waals surface area contributed by atoms with Crippen molar-refractivity contribution in [3.05, 3.63) is 47.8 Å². The molecular weight excluding hydrogens is 404 g/mol. The van der Waals surface area contributed by atoms with Crippen molar-refractivity contribution in [2.45, 2.75) is 36.7 Å². The fourth-order valence-electron chi connectivity index (χ4n) is 4.93. The first-order valence-electron chi connectivity index (χ1n) is 10.2. The van der Waals surface area contributed by atoms with E-state index >= 15 is 0 Å². The lowest BCUT2D eigenvalue weighted by Gasteiger charge is -2.39. The van der Waals surface area contributed by atoms with E-state index < -0.39 is 20.9 Å². The highest BCUT2D eigenvalue weighted by Crippen LogP contribution is 2.46. The Morgan fingerprint density at radius 1 is 1.27 bits per heavy atom. The first-order chi connectivity index (χ1) is 14.4. The zero-order valence-electron chi connectivity index (χ0n) is 17.2. The van der Waals surface area contributed by atoms with E-state index in [1.807, 2.05) is 31.2 Å². The first kappa shape index (κ1) is 19.7. The van der Waals surface area contributed by atoms with E-state index in [2.05, 4.69) is 14.9 Å². The molecule has 1 spiro atoms. The molecule has 0 saturated carbocycles. The number of hydrogen-bond donors (Lipinski definition) is 0. The number of nitrogens with zero attached hydrogens (tertiary/aromatic N) is 4. The molecule has 0 radical (unpaired) electrons. The number of sulfonamides is 1. The maximum atomic E-state index is 13.3. The SMILES string of the molecule is COc1cccc(CCN2C[C@]34CN(c5ncc(C)cn5)C[C@H](C[C@H]3S2(=O)=O)O4)c1. The van der Waals surface area contributed by atoms with Crippen LogP contribution in [-0.2, 0) is 21.2 Å². The Kier molecular flexibility index (Phi) is 4.72. The zero-order chi connectivity index (χ0) is 20.9. The molecule has 1 aromatic carbocycles. The number of benzene rings is 1. The summed E-state index contributed by atoms with van der Waals surface area (Å²) in [6, 6.07) is 7.75. The standard InChI is InChI=1S/C21H26N4O4S/c1-15-10-22-20(23-11-15)24-12-18-9-19-21(13-24,29-18)14-25(30(19,26)27)7-6-16-4-3-5-17(8-16)28-2/h3-5,8,10-11,18-19H,6-7,9,12-14H2,1-2H3/t18-,19+,21+/m0/s1. The predicted octanol–water partition coefficient (Wildman–Crippen LogP) is 1.40. The van der Waals surface area contributed by atoms with Crippen LogP contribution in [0.2, 0.25) is 0 Å². The number of aromatic nitrogens is 2. The quantitative estimate of drug-likeness (QED) is 0.709. The number of morpholine rings is 1. The molecule has 160 valence electrons. The van der Waals surface area contributed by atoms with Gasteiger partial charge in [-0.25, -0.2) is 18.4 Å². The molecule has 3 aliphatic heterocycles. The van der Waals surface area contributed by atoms with Gasteiger partial charge in [-0.15, -0.1) is 0 Å². The van der Waals surface area contributed by atoms with Gasteiger partial charge in [0, 0.05) is 32.0 Å². The molecule has 0 aliphatic carbocycles. The predicted molar refractivity (Wildman–Crippen MR) is 112 cm³/mol. The second-order valence-electron chi connectivity index (χ2n) is 8.45. The van der Waals surface area contributed by atoms with E-state index in [9.17, 15) is 8.42 Å². The van der Waals surface area contributed by atoms with E-state index in [1.165, 1.54) is 0 Å². The van der Waals surface area contributed by atoms with E-state index in [-0.39, 0.29) is 6.10 Å². The summed E-state index contributed by atoms with van der Waals surface area (Å²) in [7, 11) is -1.79. The van der Waals surface area contributed by atoms with Gasteiger partial charge in [0.25, 0.3) is 0 Å². The van der Waals surface area contributed by atoms with E-state index in [4.69, 9.17) is 9.47 Å². The van der Waals surface area contributed by atoms with Crippen molar-refractivity contribution >= 4 is 16.0 Å². The molecule has 3 atom stereocenters. The van der Waals surface area contributed by atoms with Gasteiger partial charge in [0.2, 0.25) is 16.0 Å². The number of aryl methyl sites for hydroxylation is 1. The minimum Gasteiger partial charge on any atom is -0.497 e. The van der Waals surface area contributed by atoms with Crippen LogP contribution in [0.15, 0.2) is 36.7 Å². The van der Waals surface area contributed by atoms with Crippen molar-refractivity contribution in [2.75, 3.05) is 38.2 Å². The molecule has 5 rings (SSSR count). The molecule has 2 bridgehead atoms.